The van der Waals surface area contributed by atoms with Gasteiger partial charge in [-0.25, -0.2) is 0 Å². The number of hydrogen-bond acceptors (Lipinski definition) is 3. The maximum atomic E-state index is 6.27. The van der Waals surface area contributed by atoms with Crippen LogP contribution in [-0.4, -0.2) is 29.8 Å². The molecule has 0 bridgehead atoms. The van der Waals surface area contributed by atoms with Crippen molar-refractivity contribution in [1.82, 2.24) is 0 Å². The van der Waals surface area contributed by atoms with E-state index >= 15 is 0 Å². The van der Waals surface area contributed by atoms with Crippen LogP contribution in [0.2, 0.25) is 0 Å². The molecule has 2 nitrogen and oxygen atoms in total. The van der Waals surface area contributed by atoms with Crippen molar-refractivity contribution in [3.8, 4) is 0 Å². The van der Waals surface area contributed by atoms with Crippen molar-refractivity contribution < 1.29 is 4.74 Å². The Morgan fingerprint density at radius 2 is 1.79 bits per heavy atom. The molecule has 2 heterocycles. The molecule has 1 saturated carbocycles. The summed E-state index contributed by atoms with van der Waals surface area (Å²) < 4.78 is 6.24. The third-order valence-electron chi connectivity index (χ3n) is 5.61. The predicted molar refractivity (Wildman–Crippen MR) is 82.5 cm³/mol. The van der Waals surface area contributed by atoms with E-state index in [1.807, 2.05) is 0 Å². The molecule has 3 rings (SSSR count). The van der Waals surface area contributed by atoms with Crippen LogP contribution in [-0.2, 0) is 4.74 Å². The zero-order valence-corrected chi connectivity index (χ0v) is 12.9. The molecule has 0 aromatic rings. The molecular weight excluding hydrogens is 254 g/mol. The smallest absolute Gasteiger partial charge is 0.0701 e. The normalized spacial score (nSPS) is 39.9. The summed E-state index contributed by atoms with van der Waals surface area (Å²) in [6.45, 7) is 1.00. The second kappa shape index (κ2) is 6.36. The van der Waals surface area contributed by atoms with Crippen LogP contribution in [0.1, 0.15) is 57.8 Å². The molecule has 2 saturated heterocycles. The number of hydrogen-bond donors (Lipinski definition) is 1. The lowest BCUT2D eigenvalue weighted by Crippen LogP contribution is -2.44. The second-order valence-corrected chi connectivity index (χ2v) is 8.16. The lowest BCUT2D eigenvalue weighted by molar-refractivity contribution is -0.112. The van der Waals surface area contributed by atoms with Gasteiger partial charge in [0.25, 0.3) is 0 Å². The van der Waals surface area contributed by atoms with Gasteiger partial charge in [-0.15, -0.1) is 0 Å². The lowest BCUT2D eigenvalue weighted by atomic mass is 9.73. The van der Waals surface area contributed by atoms with Crippen LogP contribution in [0.4, 0.5) is 0 Å². The summed E-state index contributed by atoms with van der Waals surface area (Å²) in [5, 5.41) is 0. The molecule has 3 fully saturated rings. The highest BCUT2D eigenvalue weighted by atomic mass is 32.2. The zero-order valence-electron chi connectivity index (χ0n) is 12.1. The minimum Gasteiger partial charge on any atom is -0.375 e. The Hall–Kier alpha value is 0.270. The van der Waals surface area contributed by atoms with E-state index in [2.05, 4.69) is 11.8 Å². The van der Waals surface area contributed by atoms with Crippen molar-refractivity contribution in [1.29, 1.82) is 0 Å². The lowest BCUT2D eigenvalue weighted by Gasteiger charge is -2.45. The zero-order chi connectivity index (χ0) is 13.1. The van der Waals surface area contributed by atoms with E-state index in [4.69, 9.17) is 10.5 Å². The summed E-state index contributed by atoms with van der Waals surface area (Å²) in [5.74, 6) is 4.38. The van der Waals surface area contributed by atoms with E-state index in [1.54, 1.807) is 0 Å². The van der Waals surface area contributed by atoms with Gasteiger partial charge < -0.3 is 10.5 Å². The monoisotopic (exact) mass is 283 g/mol. The van der Waals surface area contributed by atoms with Gasteiger partial charge >= 0.3 is 0 Å². The number of rotatable bonds is 1. The summed E-state index contributed by atoms with van der Waals surface area (Å²) in [6.07, 6.45) is 11.9. The second-order valence-electron chi connectivity index (χ2n) is 6.94. The Kier molecular flexibility index (Phi) is 4.76. The first-order valence-electron chi connectivity index (χ1n) is 8.25. The molecule has 0 aromatic heterocycles. The van der Waals surface area contributed by atoms with Gasteiger partial charge in [0.05, 0.1) is 5.60 Å². The van der Waals surface area contributed by atoms with Crippen molar-refractivity contribution in [3.63, 3.8) is 0 Å². The maximum Gasteiger partial charge on any atom is 0.0701 e. The Morgan fingerprint density at radius 1 is 1.00 bits per heavy atom. The first-order valence-corrected chi connectivity index (χ1v) is 9.40. The van der Waals surface area contributed by atoms with Crippen LogP contribution >= 0.6 is 11.8 Å². The Labute approximate surface area is 122 Å². The molecule has 1 aliphatic carbocycles. The van der Waals surface area contributed by atoms with Gasteiger partial charge in [-0.05, 0) is 61.9 Å². The van der Waals surface area contributed by atoms with Gasteiger partial charge in [-0.3, -0.25) is 0 Å². The highest BCUT2D eigenvalue weighted by Crippen LogP contribution is 2.44. The van der Waals surface area contributed by atoms with Gasteiger partial charge in [0.1, 0.15) is 0 Å². The SMILES string of the molecule is NC1CCCCC(C2CCOC3(CCSCC3)C2)C1. The average Bonchev–Trinajstić information content (AvgIpc) is 2.64. The fourth-order valence-electron chi connectivity index (χ4n) is 4.43. The fraction of sp³-hybridized carbons (Fsp3) is 1.00. The minimum atomic E-state index is 0.255. The molecule has 110 valence electrons. The molecule has 3 unspecified atom stereocenters. The van der Waals surface area contributed by atoms with Crippen LogP contribution in [0, 0.1) is 11.8 Å². The van der Waals surface area contributed by atoms with Crippen molar-refractivity contribution in [2.45, 2.75) is 69.4 Å². The summed E-state index contributed by atoms with van der Waals surface area (Å²) in [4.78, 5) is 0. The first kappa shape index (κ1) is 14.2. The molecule has 3 aliphatic rings. The van der Waals surface area contributed by atoms with Crippen LogP contribution in [0.5, 0.6) is 0 Å². The third-order valence-corrected chi connectivity index (χ3v) is 6.59. The molecule has 0 radical (unpaired) electrons. The van der Waals surface area contributed by atoms with Gasteiger partial charge in [0, 0.05) is 12.6 Å². The van der Waals surface area contributed by atoms with Gasteiger partial charge in [0.2, 0.25) is 0 Å². The highest BCUT2D eigenvalue weighted by molar-refractivity contribution is 7.99. The molecule has 0 amide bonds. The quantitative estimate of drug-likeness (QED) is 0.747. The molecule has 1 spiro atoms. The largest absolute Gasteiger partial charge is 0.375 e. The standard InChI is InChI=1S/C16H29NOS/c17-15-4-2-1-3-13(11-15)14-5-8-18-16(12-14)6-9-19-10-7-16/h13-15H,1-12,17H2. The Bertz CT molecular complexity index is 285. The molecule has 0 aromatic carbocycles. The van der Waals surface area contributed by atoms with Crippen LogP contribution < -0.4 is 5.73 Å². The molecule has 2 N–H and O–H groups in total. The van der Waals surface area contributed by atoms with Gasteiger partial charge in [-0.2, -0.15) is 11.8 Å². The van der Waals surface area contributed by atoms with Crippen molar-refractivity contribution in [3.05, 3.63) is 0 Å². The topological polar surface area (TPSA) is 35.2 Å². The van der Waals surface area contributed by atoms with E-state index in [0.29, 0.717) is 6.04 Å². The highest BCUT2D eigenvalue weighted by Gasteiger charge is 2.41. The van der Waals surface area contributed by atoms with Crippen molar-refractivity contribution in [2.75, 3.05) is 18.1 Å². The predicted octanol–water partition coefficient (Wildman–Crippen LogP) is 3.59. The molecule has 2 aliphatic heterocycles. The molecule has 3 atom stereocenters. The number of nitrogens with two attached hydrogens (primary N) is 1. The summed E-state index contributed by atoms with van der Waals surface area (Å²) >= 11 is 2.10. The Morgan fingerprint density at radius 3 is 2.63 bits per heavy atom. The Balaban J connectivity index is 1.63. The van der Waals surface area contributed by atoms with Gasteiger partial charge in [-0.1, -0.05) is 19.3 Å². The third kappa shape index (κ3) is 3.48. The fourth-order valence-corrected chi connectivity index (χ4v) is 5.66. The van der Waals surface area contributed by atoms with E-state index < -0.39 is 0 Å². The van der Waals surface area contributed by atoms with E-state index in [1.165, 1.54) is 69.3 Å². The molecule has 19 heavy (non-hydrogen) atoms. The van der Waals surface area contributed by atoms with Crippen LogP contribution in [0.3, 0.4) is 0 Å². The number of thioether (sulfide) groups is 1. The van der Waals surface area contributed by atoms with Gasteiger partial charge in [0.15, 0.2) is 0 Å². The average molecular weight is 283 g/mol. The van der Waals surface area contributed by atoms with E-state index in [0.717, 1.165) is 18.4 Å². The molecule has 3 heteroatoms. The van der Waals surface area contributed by atoms with Crippen LogP contribution in [0.15, 0.2) is 0 Å². The van der Waals surface area contributed by atoms with E-state index in [9.17, 15) is 0 Å². The van der Waals surface area contributed by atoms with E-state index in [-0.39, 0.29) is 5.60 Å². The number of ether oxygens (including phenoxy) is 1. The summed E-state index contributed by atoms with van der Waals surface area (Å²) in [6, 6.07) is 0.466. The van der Waals surface area contributed by atoms with Crippen molar-refractivity contribution >= 4 is 11.8 Å². The maximum absolute atomic E-state index is 6.27. The summed E-state index contributed by atoms with van der Waals surface area (Å²) in [5.41, 5.74) is 6.52. The minimum absolute atomic E-state index is 0.255. The molecular formula is C16H29NOS. The van der Waals surface area contributed by atoms with Crippen molar-refractivity contribution in [2.24, 2.45) is 17.6 Å². The first-order chi connectivity index (χ1) is 9.27. The summed E-state index contributed by atoms with van der Waals surface area (Å²) in [7, 11) is 0. The van der Waals surface area contributed by atoms with Crippen LogP contribution in [0.25, 0.3) is 0 Å².